The van der Waals surface area contributed by atoms with Gasteiger partial charge in [0.15, 0.2) is 0 Å². The second-order valence-electron chi connectivity index (χ2n) is 4.32. The van der Waals surface area contributed by atoms with Crippen molar-refractivity contribution in [2.24, 2.45) is 0 Å². The normalized spacial score (nSPS) is 10.1. The van der Waals surface area contributed by atoms with Gasteiger partial charge >= 0.3 is 0 Å². The molecule has 3 nitrogen and oxygen atoms in total. The Morgan fingerprint density at radius 3 is 2.25 bits per heavy atom. The number of unbranched alkanes of at least 4 members (excludes halogenated alkanes) is 4. The molecule has 16 heavy (non-hydrogen) atoms. The Morgan fingerprint density at radius 1 is 0.938 bits per heavy atom. The predicted molar refractivity (Wildman–Crippen MR) is 66.3 cm³/mol. The minimum atomic E-state index is 0.0803. The van der Waals surface area contributed by atoms with Gasteiger partial charge in [0.25, 0.3) is 0 Å². The number of nitrogens with one attached hydrogen (secondary N) is 1. The molecule has 0 aromatic heterocycles. The Bertz CT molecular complexity index is 202. The zero-order valence-corrected chi connectivity index (χ0v) is 10.7. The molecular formula is C13H25NO2. The number of carbonyl (C=O) groups excluding carboxylic acids is 2. The number of carbonyl (C=O) groups is 2. The van der Waals surface area contributed by atoms with Crippen LogP contribution in [0.5, 0.6) is 0 Å². The van der Waals surface area contributed by atoms with Crippen LogP contribution in [-0.2, 0) is 9.59 Å². The van der Waals surface area contributed by atoms with Crippen molar-refractivity contribution in [1.29, 1.82) is 0 Å². The first-order chi connectivity index (χ1) is 7.66. The van der Waals surface area contributed by atoms with Gasteiger partial charge in [0, 0.05) is 19.4 Å². The molecule has 1 N–H and O–H groups in total. The van der Waals surface area contributed by atoms with Gasteiger partial charge in [-0.15, -0.1) is 0 Å². The van der Waals surface area contributed by atoms with E-state index in [2.05, 4.69) is 12.2 Å². The number of hydrogen-bond acceptors (Lipinski definition) is 2. The lowest BCUT2D eigenvalue weighted by atomic mass is 10.1. The van der Waals surface area contributed by atoms with Gasteiger partial charge in [0.05, 0.1) is 0 Å². The Morgan fingerprint density at radius 2 is 1.62 bits per heavy atom. The van der Waals surface area contributed by atoms with Crippen molar-refractivity contribution in [2.75, 3.05) is 6.54 Å². The van der Waals surface area contributed by atoms with Crippen LogP contribution in [0.15, 0.2) is 0 Å². The zero-order valence-electron chi connectivity index (χ0n) is 10.7. The molecule has 0 aliphatic carbocycles. The number of hydrogen-bond donors (Lipinski definition) is 1. The number of amides is 1. The van der Waals surface area contributed by atoms with Crippen LogP contribution in [0.1, 0.15) is 65.2 Å². The van der Waals surface area contributed by atoms with Crippen molar-refractivity contribution in [3.63, 3.8) is 0 Å². The molecule has 0 aromatic carbocycles. The molecule has 0 atom stereocenters. The molecule has 0 fully saturated rings. The molecule has 0 radical (unpaired) electrons. The van der Waals surface area contributed by atoms with Crippen LogP contribution in [0.4, 0.5) is 0 Å². The number of ketones is 1. The molecule has 0 bridgehead atoms. The summed E-state index contributed by atoms with van der Waals surface area (Å²) in [5.74, 6) is 0.240. The Balaban J connectivity index is 3.20. The van der Waals surface area contributed by atoms with Crippen molar-refractivity contribution in [3.8, 4) is 0 Å². The van der Waals surface area contributed by atoms with Gasteiger partial charge in [-0.3, -0.25) is 4.79 Å². The Kier molecular flexibility index (Phi) is 10.1. The maximum atomic E-state index is 11.3. The quantitative estimate of drug-likeness (QED) is 0.583. The van der Waals surface area contributed by atoms with E-state index in [0.29, 0.717) is 19.3 Å². The van der Waals surface area contributed by atoms with Gasteiger partial charge in [-0.2, -0.15) is 0 Å². The van der Waals surface area contributed by atoms with Crippen molar-refractivity contribution in [3.05, 3.63) is 0 Å². The maximum Gasteiger partial charge on any atom is 0.220 e. The minimum absolute atomic E-state index is 0.0803. The lowest BCUT2D eigenvalue weighted by molar-refractivity contribution is -0.121. The molecule has 0 aliphatic rings. The van der Waals surface area contributed by atoms with E-state index in [9.17, 15) is 9.59 Å². The highest BCUT2D eigenvalue weighted by molar-refractivity contribution is 5.78. The monoisotopic (exact) mass is 227 g/mol. The lowest BCUT2D eigenvalue weighted by Crippen LogP contribution is -2.24. The van der Waals surface area contributed by atoms with Crippen molar-refractivity contribution >= 4 is 11.7 Å². The summed E-state index contributed by atoms with van der Waals surface area (Å²) in [6.07, 6.45) is 7.73. The van der Waals surface area contributed by atoms with Gasteiger partial charge in [-0.1, -0.05) is 32.6 Å². The van der Waals surface area contributed by atoms with Gasteiger partial charge in [0.2, 0.25) is 5.91 Å². The molecule has 94 valence electrons. The van der Waals surface area contributed by atoms with E-state index >= 15 is 0 Å². The highest BCUT2D eigenvalue weighted by Crippen LogP contribution is 2.01. The van der Waals surface area contributed by atoms with Crippen LogP contribution in [0.3, 0.4) is 0 Å². The highest BCUT2D eigenvalue weighted by Gasteiger charge is 2.01. The second kappa shape index (κ2) is 10.7. The first-order valence-corrected chi connectivity index (χ1v) is 6.43. The largest absolute Gasteiger partial charge is 0.356 e. The SMILES string of the molecule is CCCCCCCNC(=O)CCCC(C)=O. The third-order valence-electron chi connectivity index (χ3n) is 2.54. The van der Waals surface area contributed by atoms with Crippen molar-refractivity contribution in [1.82, 2.24) is 5.32 Å². The topological polar surface area (TPSA) is 46.2 Å². The third kappa shape index (κ3) is 11.2. The first kappa shape index (κ1) is 15.1. The van der Waals surface area contributed by atoms with Crippen LogP contribution < -0.4 is 5.32 Å². The van der Waals surface area contributed by atoms with E-state index in [-0.39, 0.29) is 11.7 Å². The molecule has 0 saturated carbocycles. The summed E-state index contributed by atoms with van der Waals surface area (Å²) in [5, 5.41) is 2.88. The van der Waals surface area contributed by atoms with Crippen LogP contribution in [0, 0.1) is 0 Å². The highest BCUT2D eigenvalue weighted by atomic mass is 16.1. The molecular weight excluding hydrogens is 202 g/mol. The third-order valence-corrected chi connectivity index (χ3v) is 2.54. The standard InChI is InChI=1S/C13H25NO2/c1-3-4-5-6-7-11-14-13(16)10-8-9-12(2)15/h3-11H2,1-2H3,(H,14,16). The molecule has 0 saturated heterocycles. The van der Waals surface area contributed by atoms with Crippen LogP contribution >= 0.6 is 0 Å². The summed E-state index contributed by atoms with van der Waals surface area (Å²) in [6, 6.07) is 0. The van der Waals surface area contributed by atoms with E-state index in [1.54, 1.807) is 6.92 Å². The summed E-state index contributed by atoms with van der Waals surface area (Å²) in [6.45, 7) is 4.53. The van der Waals surface area contributed by atoms with E-state index in [1.807, 2.05) is 0 Å². The van der Waals surface area contributed by atoms with Gasteiger partial charge < -0.3 is 10.1 Å². The van der Waals surface area contributed by atoms with E-state index in [4.69, 9.17) is 0 Å². The molecule has 3 heteroatoms. The fourth-order valence-corrected chi connectivity index (χ4v) is 1.54. The summed E-state index contributed by atoms with van der Waals surface area (Å²) < 4.78 is 0. The van der Waals surface area contributed by atoms with Crippen LogP contribution in [-0.4, -0.2) is 18.2 Å². The number of Topliss-reactive ketones (excluding diaryl/α,β-unsaturated/α-hetero) is 1. The van der Waals surface area contributed by atoms with E-state index in [1.165, 1.54) is 25.7 Å². The number of rotatable bonds is 10. The van der Waals surface area contributed by atoms with Crippen LogP contribution in [0.25, 0.3) is 0 Å². The van der Waals surface area contributed by atoms with Gasteiger partial charge in [0.1, 0.15) is 5.78 Å². The summed E-state index contributed by atoms with van der Waals surface area (Å²) in [7, 11) is 0. The molecule has 0 heterocycles. The van der Waals surface area contributed by atoms with Crippen molar-refractivity contribution < 1.29 is 9.59 Å². The van der Waals surface area contributed by atoms with Gasteiger partial charge in [-0.25, -0.2) is 0 Å². The van der Waals surface area contributed by atoms with Crippen LogP contribution in [0.2, 0.25) is 0 Å². The average molecular weight is 227 g/mol. The Hall–Kier alpha value is -0.860. The molecule has 0 unspecified atom stereocenters. The zero-order chi connectivity index (χ0) is 12.2. The molecule has 0 spiro atoms. The summed E-state index contributed by atoms with van der Waals surface area (Å²) in [4.78, 5) is 21.9. The first-order valence-electron chi connectivity index (χ1n) is 6.43. The average Bonchev–Trinajstić information content (AvgIpc) is 2.22. The Labute approximate surface area is 99.0 Å². The smallest absolute Gasteiger partial charge is 0.220 e. The summed E-state index contributed by atoms with van der Waals surface area (Å²) in [5.41, 5.74) is 0. The fraction of sp³-hybridized carbons (Fsp3) is 0.846. The van der Waals surface area contributed by atoms with Crippen molar-refractivity contribution in [2.45, 2.75) is 65.2 Å². The molecule has 0 aliphatic heterocycles. The lowest BCUT2D eigenvalue weighted by Gasteiger charge is -2.04. The minimum Gasteiger partial charge on any atom is -0.356 e. The summed E-state index contributed by atoms with van der Waals surface area (Å²) >= 11 is 0. The van der Waals surface area contributed by atoms with Gasteiger partial charge in [-0.05, 0) is 19.8 Å². The predicted octanol–water partition coefficient (Wildman–Crippen LogP) is 2.83. The molecule has 0 rings (SSSR count). The molecule has 0 aromatic rings. The maximum absolute atomic E-state index is 11.3. The second-order valence-corrected chi connectivity index (χ2v) is 4.32. The molecule has 1 amide bonds. The van der Waals surface area contributed by atoms with E-state index in [0.717, 1.165) is 13.0 Å². The van der Waals surface area contributed by atoms with E-state index < -0.39 is 0 Å². The fourth-order valence-electron chi connectivity index (χ4n) is 1.54.